The van der Waals surface area contributed by atoms with Gasteiger partial charge in [-0.2, -0.15) is 0 Å². The molecule has 5 heteroatoms. The minimum atomic E-state index is -0.525. The summed E-state index contributed by atoms with van der Waals surface area (Å²) in [5.41, 5.74) is 5.63. The second-order valence-electron chi connectivity index (χ2n) is 11.0. The van der Waals surface area contributed by atoms with Gasteiger partial charge in [-0.15, -0.1) is 0 Å². The molecule has 1 saturated carbocycles. The SMILES string of the molecule is C=C(C)C(=O)Oc1ccc(-c2ccc(OC(=O)C(=C)COC)cc2)cc1-c1ccc(C2CCC(CCC)CC2)cc1. The summed E-state index contributed by atoms with van der Waals surface area (Å²) in [6, 6.07) is 21.7. The van der Waals surface area contributed by atoms with E-state index in [2.05, 4.69) is 44.3 Å². The Morgan fingerprint density at radius 1 is 0.805 bits per heavy atom. The smallest absolute Gasteiger partial charge is 0.341 e. The van der Waals surface area contributed by atoms with Crippen molar-refractivity contribution in [3.05, 3.63) is 96.6 Å². The molecule has 0 aromatic heterocycles. The van der Waals surface area contributed by atoms with Gasteiger partial charge in [0.2, 0.25) is 0 Å². The van der Waals surface area contributed by atoms with Crippen LogP contribution in [0.4, 0.5) is 0 Å². The summed E-state index contributed by atoms with van der Waals surface area (Å²) in [4.78, 5) is 24.6. The molecule has 41 heavy (non-hydrogen) atoms. The maximum atomic E-state index is 12.4. The fraction of sp³-hybridized carbons (Fsp3) is 0.333. The molecule has 1 fully saturated rings. The number of esters is 2. The molecule has 0 amide bonds. The molecule has 0 radical (unpaired) electrons. The number of benzene rings is 3. The van der Waals surface area contributed by atoms with Gasteiger partial charge in [0.25, 0.3) is 0 Å². The van der Waals surface area contributed by atoms with Crippen LogP contribution in [0.3, 0.4) is 0 Å². The molecule has 4 rings (SSSR count). The summed E-state index contributed by atoms with van der Waals surface area (Å²) in [6.07, 6.45) is 7.71. The molecule has 1 aliphatic carbocycles. The standard InChI is InChI=1S/C36H40O5/c1-6-7-26-8-10-27(11-9-26)28-12-14-30(15-13-28)33-22-31(18-21-34(33)41-35(37)24(2)3)29-16-19-32(20-17-29)40-36(38)25(4)23-39-5/h12-22,26-27H,2,4,6-11,23H2,1,3,5H3. The van der Waals surface area contributed by atoms with E-state index in [4.69, 9.17) is 14.2 Å². The molecule has 0 bridgehead atoms. The van der Waals surface area contributed by atoms with Gasteiger partial charge in [0.05, 0.1) is 12.2 Å². The summed E-state index contributed by atoms with van der Waals surface area (Å²) in [5, 5.41) is 0. The van der Waals surface area contributed by atoms with Crippen LogP contribution in [0.1, 0.15) is 63.9 Å². The minimum absolute atomic E-state index is 0.114. The van der Waals surface area contributed by atoms with Crippen molar-refractivity contribution in [2.75, 3.05) is 13.7 Å². The number of methoxy groups -OCH3 is 1. The second kappa shape index (κ2) is 14.1. The van der Waals surface area contributed by atoms with Crippen LogP contribution < -0.4 is 9.47 Å². The Bertz CT molecular complexity index is 1380. The molecular weight excluding hydrogens is 512 g/mol. The zero-order valence-electron chi connectivity index (χ0n) is 24.4. The monoisotopic (exact) mass is 552 g/mol. The van der Waals surface area contributed by atoms with Crippen LogP contribution in [0, 0.1) is 5.92 Å². The van der Waals surface area contributed by atoms with Gasteiger partial charge < -0.3 is 14.2 Å². The summed E-state index contributed by atoms with van der Waals surface area (Å²) in [5.74, 6) is 1.39. The second-order valence-corrected chi connectivity index (χ2v) is 11.0. The zero-order valence-corrected chi connectivity index (χ0v) is 24.4. The van der Waals surface area contributed by atoms with Crippen molar-refractivity contribution in [2.24, 2.45) is 5.92 Å². The summed E-state index contributed by atoms with van der Waals surface area (Å²) >= 11 is 0. The average molecular weight is 553 g/mol. The fourth-order valence-corrected chi connectivity index (χ4v) is 5.47. The molecule has 0 atom stereocenters. The van der Waals surface area contributed by atoms with Crippen LogP contribution in [0.5, 0.6) is 11.5 Å². The van der Waals surface area contributed by atoms with Crippen LogP contribution in [-0.4, -0.2) is 25.7 Å². The molecule has 3 aromatic carbocycles. The van der Waals surface area contributed by atoms with Crippen molar-refractivity contribution in [3.63, 3.8) is 0 Å². The van der Waals surface area contributed by atoms with Crippen molar-refractivity contribution in [1.82, 2.24) is 0 Å². The van der Waals surface area contributed by atoms with Crippen LogP contribution in [-0.2, 0) is 14.3 Å². The molecule has 3 aromatic rings. The Kier molecular flexibility index (Phi) is 10.3. The molecule has 1 aliphatic rings. The predicted molar refractivity (Wildman–Crippen MR) is 164 cm³/mol. The van der Waals surface area contributed by atoms with Gasteiger partial charge in [0.1, 0.15) is 11.5 Å². The van der Waals surface area contributed by atoms with Crippen LogP contribution in [0.25, 0.3) is 22.3 Å². The lowest BCUT2D eigenvalue weighted by molar-refractivity contribution is -0.131. The Labute approximate surface area is 243 Å². The maximum absolute atomic E-state index is 12.4. The molecule has 0 saturated heterocycles. The third-order valence-electron chi connectivity index (χ3n) is 7.77. The first kappa shape index (κ1) is 30.0. The van der Waals surface area contributed by atoms with E-state index >= 15 is 0 Å². The molecule has 0 aliphatic heterocycles. The van der Waals surface area contributed by atoms with Crippen molar-refractivity contribution < 1.29 is 23.8 Å². The van der Waals surface area contributed by atoms with E-state index in [0.29, 0.717) is 23.0 Å². The van der Waals surface area contributed by atoms with E-state index in [9.17, 15) is 9.59 Å². The third kappa shape index (κ3) is 7.83. The number of carbonyl (C=O) groups is 2. The average Bonchev–Trinajstić information content (AvgIpc) is 2.98. The Hall–Kier alpha value is -3.96. The number of hydrogen-bond acceptors (Lipinski definition) is 5. The first-order valence-electron chi connectivity index (χ1n) is 14.4. The minimum Gasteiger partial charge on any atom is -0.423 e. The van der Waals surface area contributed by atoms with E-state index in [1.165, 1.54) is 51.2 Å². The topological polar surface area (TPSA) is 61.8 Å². The Morgan fingerprint density at radius 2 is 1.44 bits per heavy atom. The van der Waals surface area contributed by atoms with Gasteiger partial charge in [-0.1, -0.05) is 75.4 Å². The highest BCUT2D eigenvalue weighted by atomic mass is 16.5. The molecule has 214 valence electrons. The predicted octanol–water partition coefficient (Wildman–Crippen LogP) is 8.68. The summed E-state index contributed by atoms with van der Waals surface area (Å²) < 4.78 is 16.1. The molecule has 5 nitrogen and oxygen atoms in total. The van der Waals surface area contributed by atoms with E-state index in [0.717, 1.165) is 28.2 Å². The molecular formula is C36H40O5. The number of ether oxygens (including phenoxy) is 3. The molecule has 0 spiro atoms. The lowest BCUT2D eigenvalue weighted by atomic mass is 9.77. The summed E-state index contributed by atoms with van der Waals surface area (Å²) in [6.45, 7) is 11.4. The Morgan fingerprint density at radius 3 is 2.05 bits per heavy atom. The van der Waals surface area contributed by atoms with E-state index in [1.807, 2.05) is 30.3 Å². The van der Waals surface area contributed by atoms with Crippen LogP contribution in [0.2, 0.25) is 0 Å². The van der Waals surface area contributed by atoms with Crippen LogP contribution >= 0.6 is 0 Å². The van der Waals surface area contributed by atoms with Gasteiger partial charge in [-0.05, 0) is 91.0 Å². The van der Waals surface area contributed by atoms with Gasteiger partial charge >= 0.3 is 11.9 Å². The molecule has 0 unspecified atom stereocenters. The fourth-order valence-electron chi connectivity index (χ4n) is 5.47. The highest BCUT2D eigenvalue weighted by Gasteiger charge is 2.22. The van der Waals surface area contributed by atoms with E-state index < -0.39 is 11.9 Å². The lowest BCUT2D eigenvalue weighted by Gasteiger charge is -2.28. The van der Waals surface area contributed by atoms with Crippen molar-refractivity contribution in [1.29, 1.82) is 0 Å². The highest BCUT2D eigenvalue weighted by molar-refractivity contribution is 5.91. The largest absolute Gasteiger partial charge is 0.423 e. The van der Waals surface area contributed by atoms with Gasteiger partial charge in [0.15, 0.2) is 0 Å². The normalized spacial score (nSPS) is 16.6. The maximum Gasteiger partial charge on any atom is 0.341 e. The lowest BCUT2D eigenvalue weighted by Crippen LogP contribution is -2.13. The number of carbonyl (C=O) groups excluding carboxylic acids is 2. The Balaban J connectivity index is 1.57. The van der Waals surface area contributed by atoms with Crippen LogP contribution in [0.15, 0.2) is 91.0 Å². The van der Waals surface area contributed by atoms with E-state index in [1.54, 1.807) is 19.1 Å². The number of hydrogen-bond donors (Lipinski definition) is 0. The third-order valence-corrected chi connectivity index (χ3v) is 7.77. The number of rotatable bonds is 11. The first-order chi connectivity index (χ1) is 19.8. The van der Waals surface area contributed by atoms with Crippen molar-refractivity contribution in [2.45, 2.75) is 58.3 Å². The van der Waals surface area contributed by atoms with Crippen molar-refractivity contribution >= 4 is 11.9 Å². The first-order valence-corrected chi connectivity index (χ1v) is 14.4. The zero-order chi connectivity index (χ0) is 29.4. The molecule has 0 N–H and O–H groups in total. The quantitative estimate of drug-likeness (QED) is 0.135. The van der Waals surface area contributed by atoms with Gasteiger partial charge in [-0.3, -0.25) is 0 Å². The van der Waals surface area contributed by atoms with Gasteiger partial charge in [-0.25, -0.2) is 9.59 Å². The van der Waals surface area contributed by atoms with E-state index in [-0.39, 0.29) is 12.2 Å². The highest BCUT2D eigenvalue weighted by Crippen LogP contribution is 2.40. The molecule has 0 heterocycles. The van der Waals surface area contributed by atoms with Crippen molar-refractivity contribution in [3.8, 4) is 33.8 Å². The van der Waals surface area contributed by atoms with Gasteiger partial charge in [0, 0.05) is 18.2 Å². The summed E-state index contributed by atoms with van der Waals surface area (Å²) in [7, 11) is 1.50.